The lowest BCUT2D eigenvalue weighted by atomic mass is 9.98. The number of benzene rings is 3. The van der Waals surface area contributed by atoms with Crippen molar-refractivity contribution in [3.8, 4) is 28.0 Å². The Kier molecular flexibility index (Phi) is 3.83. The average Bonchev–Trinajstić information content (AvgIpc) is 3.01. The van der Waals surface area contributed by atoms with Crippen LogP contribution >= 0.6 is 11.3 Å². The highest BCUT2D eigenvalue weighted by molar-refractivity contribution is 7.19. The Balaban J connectivity index is 1.79. The van der Waals surface area contributed by atoms with E-state index in [1.165, 1.54) is 26.1 Å². The molecule has 0 saturated heterocycles. The van der Waals surface area contributed by atoms with E-state index in [9.17, 15) is 5.11 Å². The van der Waals surface area contributed by atoms with Gasteiger partial charge in [0, 0.05) is 20.5 Å². The molecule has 0 bridgehead atoms. The predicted octanol–water partition coefficient (Wildman–Crippen LogP) is 6.50. The van der Waals surface area contributed by atoms with E-state index < -0.39 is 0 Å². The van der Waals surface area contributed by atoms with Gasteiger partial charge < -0.3 is 5.11 Å². The van der Waals surface area contributed by atoms with E-state index in [-0.39, 0.29) is 0 Å². The third kappa shape index (κ3) is 2.59. The van der Waals surface area contributed by atoms with Crippen molar-refractivity contribution in [1.82, 2.24) is 0 Å². The summed E-state index contributed by atoms with van der Waals surface area (Å²) >= 11 is 1.89. The van der Waals surface area contributed by atoms with E-state index in [0.29, 0.717) is 5.75 Å². The van der Waals surface area contributed by atoms with Crippen molar-refractivity contribution in [3.05, 3.63) is 77.7 Å². The summed E-state index contributed by atoms with van der Waals surface area (Å²) in [7, 11) is 0. The third-order valence-electron chi connectivity index (χ3n) is 4.36. The van der Waals surface area contributed by atoms with Crippen LogP contribution in [0.25, 0.3) is 32.3 Å². The van der Waals surface area contributed by atoms with Crippen LogP contribution in [-0.4, -0.2) is 5.11 Å². The lowest BCUT2D eigenvalue weighted by molar-refractivity contribution is 0.475. The van der Waals surface area contributed by atoms with Crippen molar-refractivity contribution >= 4 is 21.4 Å². The van der Waals surface area contributed by atoms with Gasteiger partial charge in [0.1, 0.15) is 5.75 Å². The van der Waals surface area contributed by atoms with Gasteiger partial charge in [-0.1, -0.05) is 61.5 Å². The van der Waals surface area contributed by atoms with Gasteiger partial charge in [0.2, 0.25) is 0 Å². The second kappa shape index (κ2) is 6.14. The van der Waals surface area contributed by atoms with Gasteiger partial charge in [0.05, 0.1) is 0 Å². The molecule has 2 heteroatoms. The summed E-state index contributed by atoms with van der Waals surface area (Å²) in [6.45, 7) is 2.22. The van der Waals surface area contributed by atoms with Crippen molar-refractivity contribution in [2.45, 2.75) is 13.3 Å². The lowest BCUT2D eigenvalue weighted by Crippen LogP contribution is -1.83. The van der Waals surface area contributed by atoms with Gasteiger partial charge >= 0.3 is 0 Å². The second-order valence-corrected chi connectivity index (χ2v) is 7.01. The first-order valence-corrected chi connectivity index (χ1v) is 8.98. The summed E-state index contributed by atoms with van der Waals surface area (Å²) in [4.78, 5) is 1.44. The maximum atomic E-state index is 9.43. The zero-order valence-corrected chi connectivity index (χ0v) is 14.3. The standard InChI is InChI=1S/C22H18OS/c1-2-20-22(19-5-3-4-6-21(19)24-20)17-9-7-15(8-10-17)16-11-13-18(23)14-12-16/h3-14,23H,2H2,1H3. The van der Waals surface area contributed by atoms with Crippen molar-refractivity contribution in [2.24, 2.45) is 0 Å². The smallest absolute Gasteiger partial charge is 0.115 e. The highest BCUT2D eigenvalue weighted by Crippen LogP contribution is 2.39. The van der Waals surface area contributed by atoms with Crippen LogP contribution in [0.1, 0.15) is 11.8 Å². The van der Waals surface area contributed by atoms with E-state index in [0.717, 1.165) is 17.5 Å². The van der Waals surface area contributed by atoms with Crippen molar-refractivity contribution in [3.63, 3.8) is 0 Å². The average molecular weight is 330 g/mol. The first-order valence-electron chi connectivity index (χ1n) is 8.16. The Morgan fingerprint density at radius 3 is 2.00 bits per heavy atom. The Morgan fingerprint density at radius 1 is 0.750 bits per heavy atom. The highest BCUT2D eigenvalue weighted by Gasteiger charge is 2.12. The molecule has 0 aliphatic carbocycles. The van der Waals surface area contributed by atoms with Crippen molar-refractivity contribution in [1.29, 1.82) is 0 Å². The summed E-state index contributed by atoms with van der Waals surface area (Å²) in [5, 5.41) is 10.8. The molecule has 1 heterocycles. The van der Waals surface area contributed by atoms with Gasteiger partial charge in [-0.05, 0) is 41.3 Å². The van der Waals surface area contributed by atoms with Gasteiger partial charge in [-0.25, -0.2) is 0 Å². The number of fused-ring (bicyclic) bond motifs is 1. The Morgan fingerprint density at radius 2 is 1.33 bits per heavy atom. The summed E-state index contributed by atoms with van der Waals surface area (Å²) in [6, 6.07) is 24.7. The minimum absolute atomic E-state index is 0.299. The number of phenols is 1. The quantitative estimate of drug-likeness (QED) is 0.454. The molecule has 0 fully saturated rings. The molecule has 4 aromatic rings. The van der Waals surface area contributed by atoms with Gasteiger partial charge in [-0.15, -0.1) is 11.3 Å². The van der Waals surface area contributed by atoms with E-state index in [2.05, 4.69) is 55.5 Å². The minimum Gasteiger partial charge on any atom is -0.508 e. The van der Waals surface area contributed by atoms with E-state index in [1.54, 1.807) is 12.1 Å². The number of thiophene rings is 1. The van der Waals surface area contributed by atoms with Crippen molar-refractivity contribution in [2.75, 3.05) is 0 Å². The highest BCUT2D eigenvalue weighted by atomic mass is 32.1. The summed E-state index contributed by atoms with van der Waals surface area (Å²) < 4.78 is 1.35. The molecule has 0 aliphatic heterocycles. The molecule has 4 rings (SSSR count). The van der Waals surface area contributed by atoms with Crippen LogP contribution in [-0.2, 0) is 6.42 Å². The third-order valence-corrected chi connectivity index (χ3v) is 5.68. The Hall–Kier alpha value is -2.58. The molecule has 3 aromatic carbocycles. The van der Waals surface area contributed by atoms with Crippen LogP contribution in [0, 0.1) is 0 Å². The van der Waals surface area contributed by atoms with Crippen LogP contribution in [0.2, 0.25) is 0 Å². The van der Waals surface area contributed by atoms with E-state index in [4.69, 9.17) is 0 Å². The monoisotopic (exact) mass is 330 g/mol. The first-order chi connectivity index (χ1) is 11.8. The minimum atomic E-state index is 0.299. The van der Waals surface area contributed by atoms with Gasteiger partial charge in [-0.2, -0.15) is 0 Å². The Labute approximate surface area is 145 Å². The number of rotatable bonds is 3. The summed E-state index contributed by atoms with van der Waals surface area (Å²) in [5.74, 6) is 0.299. The van der Waals surface area contributed by atoms with Crippen LogP contribution in [0.3, 0.4) is 0 Å². The number of hydrogen-bond donors (Lipinski definition) is 1. The molecule has 0 spiro atoms. The summed E-state index contributed by atoms with van der Waals surface area (Å²) in [6.07, 6.45) is 1.05. The number of aryl methyl sites for hydroxylation is 1. The normalized spacial score (nSPS) is 11.0. The molecule has 0 radical (unpaired) electrons. The fourth-order valence-electron chi connectivity index (χ4n) is 3.14. The number of hydrogen-bond acceptors (Lipinski definition) is 2. The van der Waals surface area contributed by atoms with Gasteiger partial charge in [0.15, 0.2) is 0 Å². The number of phenolic OH excluding ortho intramolecular Hbond substituents is 1. The number of aromatic hydroxyl groups is 1. The zero-order chi connectivity index (χ0) is 16.5. The van der Waals surface area contributed by atoms with Crippen LogP contribution < -0.4 is 0 Å². The predicted molar refractivity (Wildman–Crippen MR) is 104 cm³/mol. The maximum Gasteiger partial charge on any atom is 0.115 e. The molecule has 118 valence electrons. The maximum absolute atomic E-state index is 9.43. The molecule has 0 amide bonds. The SMILES string of the molecule is CCc1sc2ccccc2c1-c1ccc(-c2ccc(O)cc2)cc1. The fraction of sp³-hybridized carbons (Fsp3) is 0.0909. The molecule has 24 heavy (non-hydrogen) atoms. The molecular formula is C22H18OS. The van der Waals surface area contributed by atoms with E-state index >= 15 is 0 Å². The summed E-state index contributed by atoms with van der Waals surface area (Å²) in [5.41, 5.74) is 4.92. The van der Waals surface area contributed by atoms with Crippen LogP contribution in [0.15, 0.2) is 72.8 Å². The topological polar surface area (TPSA) is 20.2 Å². The molecule has 1 aromatic heterocycles. The first kappa shape index (κ1) is 15.0. The van der Waals surface area contributed by atoms with Crippen molar-refractivity contribution < 1.29 is 5.11 Å². The Bertz CT molecular complexity index is 979. The van der Waals surface area contributed by atoms with E-state index in [1.807, 2.05) is 23.5 Å². The zero-order valence-electron chi connectivity index (χ0n) is 13.5. The molecule has 1 nitrogen and oxygen atoms in total. The van der Waals surface area contributed by atoms with Crippen LogP contribution in [0.5, 0.6) is 5.75 Å². The molecular weight excluding hydrogens is 312 g/mol. The van der Waals surface area contributed by atoms with Gasteiger partial charge in [0.25, 0.3) is 0 Å². The molecule has 0 atom stereocenters. The lowest BCUT2D eigenvalue weighted by Gasteiger charge is -2.07. The second-order valence-electron chi connectivity index (χ2n) is 5.87. The van der Waals surface area contributed by atoms with Gasteiger partial charge in [-0.3, -0.25) is 0 Å². The molecule has 0 saturated carbocycles. The molecule has 1 N–H and O–H groups in total. The molecule has 0 aliphatic rings. The largest absolute Gasteiger partial charge is 0.508 e. The fourth-order valence-corrected chi connectivity index (χ4v) is 4.31. The molecule has 0 unspecified atom stereocenters. The van der Waals surface area contributed by atoms with Crippen LogP contribution in [0.4, 0.5) is 0 Å².